The lowest BCUT2D eigenvalue weighted by Crippen LogP contribution is -2.36. The maximum atomic E-state index is 5.94. The zero-order valence-electron chi connectivity index (χ0n) is 10.2. The van der Waals surface area contributed by atoms with Gasteiger partial charge < -0.3 is 10.1 Å². The van der Waals surface area contributed by atoms with Gasteiger partial charge in [0.1, 0.15) is 11.6 Å². The fourth-order valence-corrected chi connectivity index (χ4v) is 1.49. The van der Waals surface area contributed by atoms with E-state index in [1.165, 1.54) is 0 Å². The molecule has 0 fully saturated rings. The second-order valence-electron chi connectivity index (χ2n) is 4.02. The number of anilines is 1. The number of nitrogens with one attached hydrogen (secondary N) is 1. The lowest BCUT2D eigenvalue weighted by molar-refractivity contribution is 0.395. The molecule has 1 unspecified atom stereocenters. The molecule has 1 atom stereocenters. The van der Waals surface area contributed by atoms with Gasteiger partial charge in [-0.15, -0.1) is 11.6 Å². The van der Waals surface area contributed by atoms with E-state index >= 15 is 0 Å². The van der Waals surface area contributed by atoms with Crippen molar-refractivity contribution in [1.29, 1.82) is 0 Å². The van der Waals surface area contributed by atoms with Crippen LogP contribution in [0.3, 0.4) is 0 Å². The van der Waals surface area contributed by atoms with Gasteiger partial charge in [-0.3, -0.25) is 0 Å². The third kappa shape index (κ3) is 3.23. The molecule has 4 nitrogen and oxygen atoms in total. The lowest BCUT2D eigenvalue weighted by atomic mass is 10.0. The third-order valence-corrected chi connectivity index (χ3v) is 3.12. The number of rotatable bonds is 5. The molecule has 5 heteroatoms. The first kappa shape index (κ1) is 13.0. The Kier molecular flexibility index (Phi) is 4.35. The topological polar surface area (TPSA) is 47.0 Å². The third-order valence-electron chi connectivity index (χ3n) is 2.53. The summed E-state index contributed by atoms with van der Waals surface area (Å²) in [6.07, 6.45) is 0.919. The Balaban J connectivity index is 2.92. The van der Waals surface area contributed by atoms with Gasteiger partial charge in [-0.1, -0.05) is 6.92 Å². The van der Waals surface area contributed by atoms with Gasteiger partial charge in [0.2, 0.25) is 5.88 Å². The summed E-state index contributed by atoms with van der Waals surface area (Å²) in [5.41, 5.74) is -0.159. The second kappa shape index (κ2) is 5.34. The number of hydrogen-bond acceptors (Lipinski definition) is 4. The number of halogens is 1. The van der Waals surface area contributed by atoms with Crippen molar-refractivity contribution in [2.24, 2.45) is 0 Å². The van der Waals surface area contributed by atoms with Gasteiger partial charge >= 0.3 is 0 Å². The first-order chi connectivity index (χ1) is 7.53. The summed E-state index contributed by atoms with van der Waals surface area (Å²) in [4.78, 5) is 8.43. The summed E-state index contributed by atoms with van der Waals surface area (Å²) < 4.78 is 5.09. The van der Waals surface area contributed by atoms with Crippen LogP contribution in [0.5, 0.6) is 5.88 Å². The summed E-state index contributed by atoms with van der Waals surface area (Å²) >= 11 is 5.94. The SMILES string of the molecule is CCC(C)(CCl)Nc1cc(OC)nc(C)n1. The Morgan fingerprint density at radius 3 is 2.69 bits per heavy atom. The van der Waals surface area contributed by atoms with Crippen LogP contribution in [0.25, 0.3) is 0 Å². The van der Waals surface area contributed by atoms with Crippen LogP contribution >= 0.6 is 11.6 Å². The molecule has 90 valence electrons. The molecule has 1 aromatic heterocycles. The van der Waals surface area contributed by atoms with Crippen molar-refractivity contribution in [2.45, 2.75) is 32.7 Å². The molecular formula is C11H18ClN3O. The van der Waals surface area contributed by atoms with Crippen LogP contribution < -0.4 is 10.1 Å². The summed E-state index contributed by atoms with van der Waals surface area (Å²) in [5.74, 6) is 2.50. The number of nitrogens with zero attached hydrogens (tertiary/aromatic N) is 2. The van der Waals surface area contributed by atoms with Crippen molar-refractivity contribution in [3.63, 3.8) is 0 Å². The van der Waals surface area contributed by atoms with Gasteiger partial charge in [0.25, 0.3) is 0 Å². The minimum Gasteiger partial charge on any atom is -0.481 e. The minimum absolute atomic E-state index is 0.159. The van der Waals surface area contributed by atoms with E-state index in [2.05, 4.69) is 29.1 Å². The number of alkyl halides is 1. The molecule has 0 amide bonds. The van der Waals surface area contributed by atoms with Gasteiger partial charge in [0.15, 0.2) is 0 Å². The van der Waals surface area contributed by atoms with Crippen LogP contribution in [0.15, 0.2) is 6.07 Å². The highest BCUT2D eigenvalue weighted by molar-refractivity contribution is 6.18. The number of hydrogen-bond donors (Lipinski definition) is 1. The Labute approximate surface area is 101 Å². The molecule has 0 radical (unpaired) electrons. The van der Waals surface area contributed by atoms with Crippen LogP contribution in [-0.4, -0.2) is 28.5 Å². The predicted molar refractivity (Wildman–Crippen MR) is 66.4 cm³/mol. The number of methoxy groups -OCH3 is 1. The number of aryl methyl sites for hydroxylation is 1. The van der Waals surface area contributed by atoms with E-state index in [1.807, 2.05) is 6.92 Å². The largest absolute Gasteiger partial charge is 0.481 e. The van der Waals surface area contributed by atoms with Crippen LogP contribution in [0.1, 0.15) is 26.1 Å². The van der Waals surface area contributed by atoms with Crippen LogP contribution in [0, 0.1) is 6.92 Å². The molecule has 1 aromatic rings. The summed E-state index contributed by atoms with van der Waals surface area (Å²) in [7, 11) is 1.59. The Morgan fingerprint density at radius 2 is 2.19 bits per heavy atom. The van der Waals surface area contributed by atoms with E-state index in [4.69, 9.17) is 16.3 Å². The van der Waals surface area contributed by atoms with Gasteiger partial charge in [-0.25, -0.2) is 4.98 Å². The zero-order chi connectivity index (χ0) is 12.2. The highest BCUT2D eigenvalue weighted by atomic mass is 35.5. The monoisotopic (exact) mass is 243 g/mol. The standard InChI is InChI=1S/C11H18ClN3O/c1-5-11(3,7-12)15-9-6-10(16-4)14-8(2)13-9/h6H,5,7H2,1-4H3,(H,13,14,15). The Morgan fingerprint density at radius 1 is 1.50 bits per heavy atom. The van der Waals surface area contributed by atoms with Crippen molar-refractivity contribution in [1.82, 2.24) is 9.97 Å². The van der Waals surface area contributed by atoms with E-state index in [1.54, 1.807) is 13.2 Å². The Hall–Kier alpha value is -1.03. The van der Waals surface area contributed by atoms with Crippen molar-refractivity contribution >= 4 is 17.4 Å². The first-order valence-electron chi connectivity index (χ1n) is 5.27. The molecule has 0 saturated heterocycles. The van der Waals surface area contributed by atoms with E-state index < -0.39 is 0 Å². The fourth-order valence-electron chi connectivity index (χ4n) is 1.23. The molecule has 16 heavy (non-hydrogen) atoms. The highest BCUT2D eigenvalue weighted by Gasteiger charge is 2.21. The summed E-state index contributed by atoms with van der Waals surface area (Å²) in [6.45, 7) is 5.97. The molecule has 0 aliphatic heterocycles. The first-order valence-corrected chi connectivity index (χ1v) is 5.80. The molecular weight excluding hydrogens is 226 g/mol. The van der Waals surface area contributed by atoms with Crippen molar-refractivity contribution in [3.8, 4) is 5.88 Å². The molecule has 1 heterocycles. The van der Waals surface area contributed by atoms with Crippen molar-refractivity contribution in [3.05, 3.63) is 11.9 Å². The fraction of sp³-hybridized carbons (Fsp3) is 0.636. The van der Waals surface area contributed by atoms with Crippen molar-refractivity contribution in [2.75, 3.05) is 18.3 Å². The molecule has 0 aromatic carbocycles. The summed E-state index contributed by atoms with van der Waals surface area (Å²) in [5, 5.41) is 3.31. The van der Waals surface area contributed by atoms with E-state index in [0.717, 1.165) is 12.2 Å². The normalized spacial score (nSPS) is 14.3. The van der Waals surface area contributed by atoms with Crippen LogP contribution in [0.2, 0.25) is 0 Å². The predicted octanol–water partition coefficient (Wildman–Crippen LogP) is 2.61. The van der Waals surface area contributed by atoms with Gasteiger partial charge in [-0.05, 0) is 20.3 Å². The molecule has 0 bridgehead atoms. The van der Waals surface area contributed by atoms with Crippen LogP contribution in [-0.2, 0) is 0 Å². The quantitative estimate of drug-likeness (QED) is 0.808. The van der Waals surface area contributed by atoms with E-state index in [-0.39, 0.29) is 5.54 Å². The smallest absolute Gasteiger partial charge is 0.218 e. The van der Waals surface area contributed by atoms with Crippen molar-refractivity contribution < 1.29 is 4.74 Å². The van der Waals surface area contributed by atoms with E-state index in [0.29, 0.717) is 17.6 Å². The maximum Gasteiger partial charge on any atom is 0.218 e. The molecule has 0 spiro atoms. The molecule has 0 aliphatic rings. The van der Waals surface area contributed by atoms with Gasteiger partial charge in [0, 0.05) is 17.5 Å². The molecule has 0 saturated carbocycles. The molecule has 1 N–H and O–H groups in total. The minimum atomic E-state index is -0.159. The van der Waals surface area contributed by atoms with E-state index in [9.17, 15) is 0 Å². The number of aromatic nitrogens is 2. The van der Waals surface area contributed by atoms with Crippen LogP contribution in [0.4, 0.5) is 5.82 Å². The lowest BCUT2D eigenvalue weighted by Gasteiger charge is -2.27. The molecule has 1 rings (SSSR count). The van der Waals surface area contributed by atoms with Gasteiger partial charge in [0.05, 0.1) is 7.11 Å². The number of ether oxygens (including phenoxy) is 1. The highest BCUT2D eigenvalue weighted by Crippen LogP contribution is 2.20. The van der Waals surface area contributed by atoms with Gasteiger partial charge in [-0.2, -0.15) is 4.98 Å². The molecule has 0 aliphatic carbocycles. The second-order valence-corrected chi connectivity index (χ2v) is 4.28. The average molecular weight is 244 g/mol. The maximum absolute atomic E-state index is 5.94. The average Bonchev–Trinajstić information content (AvgIpc) is 2.28. The summed E-state index contributed by atoms with van der Waals surface area (Å²) in [6, 6.07) is 1.77. The Bertz CT molecular complexity index is 353. The zero-order valence-corrected chi connectivity index (χ0v) is 10.9.